The molecule has 120 valence electrons. The minimum absolute atomic E-state index is 0.0159. The van der Waals surface area contributed by atoms with E-state index < -0.39 is 4.92 Å². The highest BCUT2D eigenvalue weighted by Gasteiger charge is 2.34. The molecule has 0 radical (unpaired) electrons. The first-order valence-corrected chi connectivity index (χ1v) is 7.24. The first-order valence-electron chi connectivity index (χ1n) is 7.24. The number of benzene rings is 1. The minimum atomic E-state index is -0.453. The lowest BCUT2D eigenvalue weighted by atomic mass is 10.0. The van der Waals surface area contributed by atoms with Gasteiger partial charge in [0.1, 0.15) is 0 Å². The van der Waals surface area contributed by atoms with Crippen molar-refractivity contribution in [3.8, 4) is 5.75 Å². The van der Waals surface area contributed by atoms with Crippen LogP contribution >= 0.6 is 0 Å². The Labute approximate surface area is 129 Å². The third-order valence-corrected chi connectivity index (χ3v) is 4.07. The molecule has 7 heteroatoms. The van der Waals surface area contributed by atoms with Crippen molar-refractivity contribution in [3.05, 3.63) is 27.8 Å². The molecule has 0 saturated carbocycles. The lowest BCUT2D eigenvalue weighted by Gasteiger charge is -2.27. The largest absolute Gasteiger partial charge is 0.490 e. The van der Waals surface area contributed by atoms with Crippen molar-refractivity contribution < 1.29 is 14.5 Å². The van der Waals surface area contributed by atoms with Crippen LogP contribution in [0.25, 0.3) is 0 Å². The molecule has 0 bridgehead atoms. The third kappa shape index (κ3) is 2.64. The highest BCUT2D eigenvalue weighted by molar-refractivity contribution is 5.99. The molecule has 0 N–H and O–H groups in total. The summed E-state index contributed by atoms with van der Waals surface area (Å²) in [5.74, 6) is 0.273. The van der Waals surface area contributed by atoms with Gasteiger partial charge in [0.25, 0.3) is 0 Å². The van der Waals surface area contributed by atoms with Crippen LogP contribution in [0, 0.1) is 10.1 Å². The number of rotatable bonds is 4. The summed E-state index contributed by atoms with van der Waals surface area (Å²) >= 11 is 0. The Balaban J connectivity index is 2.61. The van der Waals surface area contributed by atoms with Crippen molar-refractivity contribution in [1.82, 2.24) is 4.90 Å². The number of hydrogen-bond acceptors (Lipinski definition) is 5. The number of hydrogen-bond donors (Lipinski definition) is 0. The van der Waals surface area contributed by atoms with Gasteiger partial charge in [-0.25, -0.2) is 0 Å². The van der Waals surface area contributed by atoms with Gasteiger partial charge in [0.15, 0.2) is 0 Å². The topological polar surface area (TPSA) is 75.9 Å². The zero-order valence-electron chi connectivity index (χ0n) is 13.3. The van der Waals surface area contributed by atoms with Gasteiger partial charge in [-0.05, 0) is 39.9 Å². The standard InChI is InChI=1S/C15H21N3O4/c1-5-17-11-8-9-12(18(20)21)14(22-4)10(11)6-7-13(15(17)19)16(2)3/h8-9,13H,5-7H2,1-4H3. The molecule has 0 aromatic heterocycles. The van der Waals surface area contributed by atoms with E-state index in [0.29, 0.717) is 25.1 Å². The quantitative estimate of drug-likeness (QED) is 0.626. The summed E-state index contributed by atoms with van der Waals surface area (Å²) in [5, 5.41) is 11.2. The van der Waals surface area contributed by atoms with E-state index in [4.69, 9.17) is 4.74 Å². The third-order valence-electron chi connectivity index (χ3n) is 4.07. The number of carbonyl (C=O) groups excluding carboxylic acids is 1. The fraction of sp³-hybridized carbons (Fsp3) is 0.533. The Morgan fingerprint density at radius 3 is 2.64 bits per heavy atom. The molecule has 0 spiro atoms. The van der Waals surface area contributed by atoms with Crippen molar-refractivity contribution >= 4 is 17.3 Å². The van der Waals surface area contributed by atoms with Gasteiger partial charge >= 0.3 is 5.69 Å². The van der Waals surface area contributed by atoms with E-state index in [1.807, 2.05) is 25.9 Å². The molecular weight excluding hydrogens is 286 g/mol. The van der Waals surface area contributed by atoms with Crippen LogP contribution in [0.1, 0.15) is 18.9 Å². The maximum Gasteiger partial charge on any atom is 0.311 e. The molecule has 1 aliphatic heterocycles. The lowest BCUT2D eigenvalue weighted by Crippen LogP contribution is -2.45. The second-order valence-electron chi connectivity index (χ2n) is 5.47. The smallest absolute Gasteiger partial charge is 0.311 e. The highest BCUT2D eigenvalue weighted by atomic mass is 16.6. The van der Waals surface area contributed by atoms with Crippen molar-refractivity contribution in [2.45, 2.75) is 25.8 Å². The molecule has 7 nitrogen and oxygen atoms in total. The normalized spacial score (nSPS) is 18.1. The molecule has 0 saturated heterocycles. The first-order chi connectivity index (χ1) is 10.4. The van der Waals surface area contributed by atoms with Crippen LogP contribution in [0.3, 0.4) is 0 Å². The Morgan fingerprint density at radius 2 is 2.14 bits per heavy atom. The van der Waals surface area contributed by atoms with E-state index in [0.717, 1.165) is 5.56 Å². The number of nitro groups is 1. The number of ether oxygens (including phenoxy) is 1. The van der Waals surface area contributed by atoms with Gasteiger partial charge in [-0.2, -0.15) is 0 Å². The molecule has 1 unspecified atom stereocenters. The fourth-order valence-corrected chi connectivity index (χ4v) is 2.98. The number of carbonyl (C=O) groups is 1. The predicted molar refractivity (Wildman–Crippen MR) is 83.5 cm³/mol. The fourth-order valence-electron chi connectivity index (χ4n) is 2.98. The highest BCUT2D eigenvalue weighted by Crippen LogP contribution is 2.40. The minimum Gasteiger partial charge on any atom is -0.490 e. The molecule has 1 aromatic rings. The molecule has 2 rings (SSSR count). The Morgan fingerprint density at radius 1 is 1.45 bits per heavy atom. The summed E-state index contributed by atoms with van der Waals surface area (Å²) in [7, 11) is 5.16. The summed E-state index contributed by atoms with van der Waals surface area (Å²) in [4.78, 5) is 27.0. The molecule has 1 amide bonds. The van der Waals surface area contributed by atoms with Gasteiger partial charge in [-0.3, -0.25) is 19.8 Å². The van der Waals surface area contributed by atoms with Gasteiger partial charge in [0, 0.05) is 18.2 Å². The van der Waals surface area contributed by atoms with Crippen LogP contribution < -0.4 is 9.64 Å². The molecular formula is C15H21N3O4. The Bertz CT molecular complexity index is 601. The van der Waals surface area contributed by atoms with Crippen molar-refractivity contribution in [2.24, 2.45) is 0 Å². The van der Waals surface area contributed by atoms with E-state index >= 15 is 0 Å². The maximum atomic E-state index is 12.7. The molecule has 1 heterocycles. The first kappa shape index (κ1) is 16.2. The van der Waals surface area contributed by atoms with Gasteiger partial charge in [0.2, 0.25) is 11.7 Å². The zero-order chi connectivity index (χ0) is 16.4. The van der Waals surface area contributed by atoms with Crippen LogP contribution in [0.4, 0.5) is 11.4 Å². The summed E-state index contributed by atoms with van der Waals surface area (Å²) < 4.78 is 5.29. The van der Waals surface area contributed by atoms with E-state index in [9.17, 15) is 14.9 Å². The number of amides is 1. The molecule has 22 heavy (non-hydrogen) atoms. The number of fused-ring (bicyclic) bond motifs is 1. The van der Waals surface area contributed by atoms with Crippen LogP contribution in [-0.4, -0.2) is 49.5 Å². The lowest BCUT2D eigenvalue weighted by molar-refractivity contribution is -0.385. The van der Waals surface area contributed by atoms with Gasteiger partial charge < -0.3 is 9.64 Å². The summed E-state index contributed by atoms with van der Waals surface area (Å²) in [6, 6.07) is 2.81. The summed E-state index contributed by atoms with van der Waals surface area (Å²) in [5.41, 5.74) is 1.38. The van der Waals surface area contributed by atoms with Crippen molar-refractivity contribution in [1.29, 1.82) is 0 Å². The van der Waals surface area contributed by atoms with Crippen LogP contribution in [0.15, 0.2) is 12.1 Å². The molecule has 1 aromatic carbocycles. The molecule has 1 aliphatic rings. The van der Waals surface area contributed by atoms with Gasteiger partial charge in [0.05, 0.1) is 23.8 Å². The van der Waals surface area contributed by atoms with E-state index in [1.165, 1.54) is 13.2 Å². The number of anilines is 1. The number of methoxy groups -OCH3 is 1. The predicted octanol–water partition coefficient (Wildman–Crippen LogP) is 1.83. The molecule has 1 atom stereocenters. The zero-order valence-corrected chi connectivity index (χ0v) is 13.3. The Kier molecular flexibility index (Phi) is 4.65. The van der Waals surface area contributed by atoms with Crippen LogP contribution in [-0.2, 0) is 11.2 Å². The summed E-state index contributed by atoms with van der Waals surface area (Å²) in [6.45, 7) is 2.41. The Hall–Kier alpha value is -2.15. The maximum absolute atomic E-state index is 12.7. The second-order valence-corrected chi connectivity index (χ2v) is 5.47. The van der Waals surface area contributed by atoms with E-state index in [1.54, 1.807) is 11.0 Å². The molecule has 0 aliphatic carbocycles. The summed E-state index contributed by atoms with van der Waals surface area (Å²) in [6.07, 6.45) is 1.16. The van der Waals surface area contributed by atoms with Crippen molar-refractivity contribution in [3.63, 3.8) is 0 Å². The van der Waals surface area contributed by atoms with Gasteiger partial charge in [-0.15, -0.1) is 0 Å². The average Bonchev–Trinajstić information content (AvgIpc) is 2.61. The van der Waals surface area contributed by atoms with Crippen LogP contribution in [0.5, 0.6) is 5.75 Å². The van der Waals surface area contributed by atoms with Gasteiger partial charge in [-0.1, -0.05) is 0 Å². The van der Waals surface area contributed by atoms with E-state index in [-0.39, 0.29) is 23.4 Å². The van der Waals surface area contributed by atoms with Crippen LogP contribution in [0.2, 0.25) is 0 Å². The molecule has 0 fully saturated rings. The van der Waals surface area contributed by atoms with E-state index in [2.05, 4.69) is 0 Å². The SMILES string of the molecule is CCN1C(=O)C(N(C)C)CCc2c1ccc([N+](=O)[O-])c2OC. The average molecular weight is 307 g/mol. The number of nitrogens with zero attached hydrogens (tertiary/aromatic N) is 3. The monoisotopic (exact) mass is 307 g/mol. The second kappa shape index (κ2) is 6.31. The number of likely N-dealkylation sites (N-methyl/N-ethyl adjacent to an activating group) is 2. The number of nitro benzene ring substituents is 1. The van der Waals surface area contributed by atoms with Crippen molar-refractivity contribution in [2.75, 3.05) is 32.6 Å².